The predicted molar refractivity (Wildman–Crippen MR) is 64.7 cm³/mol. The van der Waals surface area contributed by atoms with Crippen molar-refractivity contribution in [3.05, 3.63) is 29.6 Å². The van der Waals surface area contributed by atoms with Gasteiger partial charge in [0.25, 0.3) is 5.91 Å². The van der Waals surface area contributed by atoms with Gasteiger partial charge in [-0.2, -0.15) is 0 Å². The van der Waals surface area contributed by atoms with Crippen LogP contribution in [0.15, 0.2) is 18.2 Å². The number of imidazole rings is 1. The fourth-order valence-corrected chi connectivity index (χ4v) is 1.60. The highest BCUT2D eigenvalue weighted by Crippen LogP contribution is 2.18. The van der Waals surface area contributed by atoms with Gasteiger partial charge in [-0.1, -0.05) is 13.8 Å². The van der Waals surface area contributed by atoms with Gasteiger partial charge < -0.3 is 4.98 Å². The van der Waals surface area contributed by atoms with Gasteiger partial charge in [-0.05, 0) is 18.2 Å². The van der Waals surface area contributed by atoms with E-state index in [1.807, 2.05) is 6.07 Å². The molecule has 90 valence electrons. The zero-order valence-electron chi connectivity index (χ0n) is 10.1. The molecule has 0 radical (unpaired) electrons. The minimum absolute atomic E-state index is 0.268. The molecule has 0 unspecified atom stereocenters. The first-order valence-corrected chi connectivity index (χ1v) is 5.45. The van der Waals surface area contributed by atoms with E-state index in [2.05, 4.69) is 34.1 Å². The Hall–Kier alpha value is -1.88. The number of aromatic nitrogens is 2. The Kier molecular flexibility index (Phi) is 3.10. The number of nitrogens with zero attached hydrogens (tertiary/aromatic N) is 1. The lowest BCUT2D eigenvalue weighted by Gasteiger charge is -2.01. The number of carbonyl (C=O) groups is 1. The lowest BCUT2D eigenvalue weighted by molar-refractivity contribution is 0.0538. The first kappa shape index (κ1) is 11.6. The summed E-state index contributed by atoms with van der Waals surface area (Å²) in [4.78, 5) is 23.8. The number of benzene rings is 1. The zero-order valence-corrected chi connectivity index (χ0v) is 10.1. The SMILES string of the molecule is CONC(=O)c1ccc2nc(C(C)C)[nH]c2c1. The molecule has 5 heteroatoms. The minimum Gasteiger partial charge on any atom is -0.342 e. The Morgan fingerprint density at radius 1 is 1.47 bits per heavy atom. The molecule has 0 aliphatic heterocycles. The molecule has 1 amide bonds. The Labute approximate surface area is 99.1 Å². The summed E-state index contributed by atoms with van der Waals surface area (Å²) in [7, 11) is 1.41. The lowest BCUT2D eigenvalue weighted by Crippen LogP contribution is -2.21. The van der Waals surface area contributed by atoms with Gasteiger partial charge in [0, 0.05) is 11.5 Å². The van der Waals surface area contributed by atoms with Crippen LogP contribution >= 0.6 is 0 Å². The first-order chi connectivity index (χ1) is 8.11. The minimum atomic E-state index is -0.268. The number of hydroxylamine groups is 1. The van der Waals surface area contributed by atoms with Gasteiger partial charge >= 0.3 is 0 Å². The number of aromatic amines is 1. The molecular formula is C12H15N3O2. The van der Waals surface area contributed by atoms with Crippen LogP contribution in [0.5, 0.6) is 0 Å². The summed E-state index contributed by atoms with van der Waals surface area (Å²) in [6, 6.07) is 5.31. The van der Waals surface area contributed by atoms with E-state index in [1.54, 1.807) is 12.1 Å². The molecule has 1 aromatic heterocycles. The Balaban J connectivity index is 2.40. The van der Waals surface area contributed by atoms with Crippen LogP contribution in [0.25, 0.3) is 11.0 Å². The maximum Gasteiger partial charge on any atom is 0.274 e. The molecule has 0 aliphatic rings. The highest BCUT2D eigenvalue weighted by Gasteiger charge is 2.10. The van der Waals surface area contributed by atoms with Gasteiger partial charge in [0.15, 0.2) is 0 Å². The summed E-state index contributed by atoms with van der Waals surface area (Å²) in [5.41, 5.74) is 4.55. The van der Waals surface area contributed by atoms with Crippen molar-refractivity contribution >= 4 is 16.9 Å². The smallest absolute Gasteiger partial charge is 0.274 e. The highest BCUT2D eigenvalue weighted by atomic mass is 16.6. The van der Waals surface area contributed by atoms with Crippen molar-refractivity contribution < 1.29 is 9.63 Å². The molecule has 0 saturated carbocycles. The number of carbonyl (C=O) groups excluding carboxylic acids is 1. The largest absolute Gasteiger partial charge is 0.342 e. The van der Waals surface area contributed by atoms with Crippen molar-refractivity contribution in [3.8, 4) is 0 Å². The van der Waals surface area contributed by atoms with Crippen LogP contribution in [-0.4, -0.2) is 23.0 Å². The molecule has 1 heterocycles. The molecular weight excluding hydrogens is 218 g/mol. The fourth-order valence-electron chi connectivity index (χ4n) is 1.60. The third-order valence-electron chi connectivity index (χ3n) is 2.50. The Morgan fingerprint density at radius 3 is 2.88 bits per heavy atom. The molecule has 0 aliphatic carbocycles. The van der Waals surface area contributed by atoms with Crippen molar-refractivity contribution in [1.82, 2.24) is 15.4 Å². The second-order valence-electron chi connectivity index (χ2n) is 4.14. The molecule has 0 saturated heterocycles. The molecule has 0 atom stereocenters. The Bertz CT molecular complexity index is 546. The van der Waals surface area contributed by atoms with Crippen LogP contribution in [-0.2, 0) is 4.84 Å². The van der Waals surface area contributed by atoms with E-state index in [-0.39, 0.29) is 5.91 Å². The summed E-state index contributed by atoms with van der Waals surface area (Å²) in [6.07, 6.45) is 0. The van der Waals surface area contributed by atoms with Gasteiger partial charge in [-0.3, -0.25) is 9.63 Å². The van der Waals surface area contributed by atoms with E-state index in [9.17, 15) is 4.79 Å². The van der Waals surface area contributed by atoms with Crippen molar-refractivity contribution in [2.24, 2.45) is 0 Å². The van der Waals surface area contributed by atoms with Crippen molar-refractivity contribution in [3.63, 3.8) is 0 Å². The molecule has 0 bridgehead atoms. The summed E-state index contributed by atoms with van der Waals surface area (Å²) >= 11 is 0. The molecule has 1 aromatic carbocycles. The van der Waals surface area contributed by atoms with Crippen LogP contribution in [0, 0.1) is 0 Å². The Morgan fingerprint density at radius 2 is 2.24 bits per heavy atom. The predicted octanol–water partition coefficient (Wildman–Crippen LogP) is 1.98. The summed E-state index contributed by atoms with van der Waals surface area (Å²) in [5, 5.41) is 0. The van der Waals surface area contributed by atoms with Crippen LogP contribution in [0.2, 0.25) is 0 Å². The van der Waals surface area contributed by atoms with E-state index in [4.69, 9.17) is 0 Å². The molecule has 2 rings (SSSR count). The molecule has 0 spiro atoms. The number of nitrogens with one attached hydrogen (secondary N) is 2. The molecule has 5 nitrogen and oxygen atoms in total. The zero-order chi connectivity index (χ0) is 12.4. The number of hydrogen-bond donors (Lipinski definition) is 2. The van der Waals surface area contributed by atoms with Gasteiger partial charge in [0.2, 0.25) is 0 Å². The molecule has 0 fully saturated rings. The number of amides is 1. The van der Waals surface area contributed by atoms with Gasteiger partial charge in [-0.15, -0.1) is 0 Å². The molecule has 2 N–H and O–H groups in total. The standard InChI is InChI=1S/C12H15N3O2/c1-7(2)11-13-9-5-4-8(6-10(9)14-11)12(16)15-17-3/h4-7H,1-3H3,(H,13,14)(H,15,16). The van der Waals surface area contributed by atoms with Gasteiger partial charge in [0.05, 0.1) is 18.1 Å². The number of rotatable bonds is 3. The highest BCUT2D eigenvalue weighted by molar-refractivity contribution is 5.96. The van der Waals surface area contributed by atoms with Crippen LogP contribution in [0.3, 0.4) is 0 Å². The summed E-state index contributed by atoms with van der Waals surface area (Å²) < 4.78 is 0. The lowest BCUT2D eigenvalue weighted by atomic mass is 10.2. The first-order valence-electron chi connectivity index (χ1n) is 5.45. The number of H-pyrrole nitrogens is 1. The number of hydrogen-bond acceptors (Lipinski definition) is 3. The number of fused-ring (bicyclic) bond motifs is 1. The van der Waals surface area contributed by atoms with Crippen molar-refractivity contribution in [1.29, 1.82) is 0 Å². The normalized spacial score (nSPS) is 11.1. The fraction of sp³-hybridized carbons (Fsp3) is 0.333. The van der Waals surface area contributed by atoms with Crippen molar-refractivity contribution in [2.45, 2.75) is 19.8 Å². The third kappa shape index (κ3) is 2.29. The van der Waals surface area contributed by atoms with E-state index in [1.165, 1.54) is 7.11 Å². The molecule has 17 heavy (non-hydrogen) atoms. The maximum atomic E-state index is 11.6. The summed E-state index contributed by atoms with van der Waals surface area (Å²) in [6.45, 7) is 4.13. The van der Waals surface area contributed by atoms with Crippen LogP contribution in [0.4, 0.5) is 0 Å². The van der Waals surface area contributed by atoms with Gasteiger partial charge in [-0.25, -0.2) is 10.5 Å². The quantitative estimate of drug-likeness (QED) is 0.796. The molecule has 2 aromatic rings. The van der Waals surface area contributed by atoms with E-state index < -0.39 is 0 Å². The van der Waals surface area contributed by atoms with E-state index in [0.717, 1.165) is 16.9 Å². The van der Waals surface area contributed by atoms with Crippen LogP contribution < -0.4 is 5.48 Å². The monoisotopic (exact) mass is 233 g/mol. The average molecular weight is 233 g/mol. The second kappa shape index (κ2) is 4.55. The second-order valence-corrected chi connectivity index (χ2v) is 4.14. The van der Waals surface area contributed by atoms with E-state index in [0.29, 0.717) is 11.5 Å². The topological polar surface area (TPSA) is 67.0 Å². The average Bonchev–Trinajstić information content (AvgIpc) is 2.71. The summed E-state index contributed by atoms with van der Waals surface area (Å²) in [5.74, 6) is 0.984. The van der Waals surface area contributed by atoms with Crippen LogP contribution in [0.1, 0.15) is 35.9 Å². The van der Waals surface area contributed by atoms with Gasteiger partial charge in [0.1, 0.15) is 5.82 Å². The van der Waals surface area contributed by atoms with Crippen molar-refractivity contribution in [2.75, 3.05) is 7.11 Å². The maximum absolute atomic E-state index is 11.6. The van der Waals surface area contributed by atoms with E-state index >= 15 is 0 Å². The third-order valence-corrected chi connectivity index (χ3v) is 2.50.